The number of halogens is 1. The number of benzene rings is 2. The number of esters is 1. The van der Waals surface area contributed by atoms with Gasteiger partial charge in [-0.3, -0.25) is 10.1 Å². The van der Waals surface area contributed by atoms with Crippen LogP contribution in [0.5, 0.6) is 17.2 Å². The Hall–Kier alpha value is -2.80. The zero-order valence-corrected chi connectivity index (χ0v) is 13.7. The molecule has 7 nitrogen and oxygen atoms in total. The van der Waals surface area contributed by atoms with E-state index in [1.807, 2.05) is 0 Å². The van der Waals surface area contributed by atoms with Crippen molar-refractivity contribution in [3.05, 3.63) is 57.1 Å². The van der Waals surface area contributed by atoms with E-state index < -0.39 is 17.5 Å². The van der Waals surface area contributed by atoms with E-state index >= 15 is 0 Å². The second-order valence-corrected chi connectivity index (χ2v) is 5.17. The van der Waals surface area contributed by atoms with Crippen LogP contribution in [0.1, 0.15) is 5.56 Å². The van der Waals surface area contributed by atoms with Crippen molar-refractivity contribution >= 4 is 23.3 Å². The van der Waals surface area contributed by atoms with Gasteiger partial charge in [0.1, 0.15) is 11.5 Å². The molecule has 0 unspecified atom stereocenters. The first kappa shape index (κ1) is 17.6. The van der Waals surface area contributed by atoms with Gasteiger partial charge in [0.15, 0.2) is 6.61 Å². The van der Waals surface area contributed by atoms with Crippen molar-refractivity contribution in [2.45, 2.75) is 6.92 Å². The average Bonchev–Trinajstić information content (AvgIpc) is 2.56. The minimum absolute atomic E-state index is 0.179. The molecule has 2 aromatic carbocycles. The molecule has 2 aromatic rings. The summed E-state index contributed by atoms with van der Waals surface area (Å²) in [5.74, 6) is -0.218. The smallest absolute Gasteiger partial charge is 0.349 e. The molecule has 8 heteroatoms. The van der Waals surface area contributed by atoms with Crippen LogP contribution >= 0.6 is 11.6 Å². The third-order valence-corrected chi connectivity index (χ3v) is 3.50. The third-order valence-electron chi connectivity index (χ3n) is 3.07. The van der Waals surface area contributed by atoms with E-state index in [2.05, 4.69) is 0 Å². The lowest BCUT2D eigenvalue weighted by Crippen LogP contribution is -2.18. The number of nitro groups is 1. The molecule has 0 saturated heterocycles. The molecule has 0 fully saturated rings. The summed E-state index contributed by atoms with van der Waals surface area (Å²) >= 11 is 5.90. The molecule has 2 rings (SSSR count). The van der Waals surface area contributed by atoms with Crippen LogP contribution < -0.4 is 14.2 Å². The van der Waals surface area contributed by atoms with Gasteiger partial charge < -0.3 is 14.2 Å². The number of ether oxygens (including phenoxy) is 3. The molecule has 0 amide bonds. The van der Waals surface area contributed by atoms with Crippen molar-refractivity contribution in [2.75, 3.05) is 13.7 Å². The van der Waals surface area contributed by atoms with Gasteiger partial charge >= 0.3 is 11.7 Å². The Morgan fingerprint density at radius 3 is 2.54 bits per heavy atom. The monoisotopic (exact) mass is 351 g/mol. The maximum Gasteiger partial charge on any atom is 0.349 e. The van der Waals surface area contributed by atoms with Gasteiger partial charge in [-0.2, -0.15) is 0 Å². The summed E-state index contributed by atoms with van der Waals surface area (Å²) in [6, 6.07) is 8.85. The van der Waals surface area contributed by atoms with E-state index in [9.17, 15) is 14.9 Å². The second-order valence-electron chi connectivity index (χ2n) is 4.76. The second kappa shape index (κ2) is 7.65. The summed E-state index contributed by atoms with van der Waals surface area (Å²) in [5, 5.41) is 11.6. The van der Waals surface area contributed by atoms with Crippen molar-refractivity contribution in [3.63, 3.8) is 0 Å². The molecule has 0 aromatic heterocycles. The highest BCUT2D eigenvalue weighted by molar-refractivity contribution is 6.31. The van der Waals surface area contributed by atoms with Crippen molar-refractivity contribution in [1.29, 1.82) is 0 Å². The fourth-order valence-corrected chi connectivity index (χ4v) is 1.97. The summed E-state index contributed by atoms with van der Waals surface area (Å²) in [5.41, 5.74) is 0.429. The highest BCUT2D eigenvalue weighted by atomic mass is 35.5. The van der Waals surface area contributed by atoms with Crippen molar-refractivity contribution < 1.29 is 23.9 Å². The van der Waals surface area contributed by atoms with Gasteiger partial charge in [-0.1, -0.05) is 11.6 Å². The Labute approximate surface area is 142 Å². The molecule has 0 atom stereocenters. The number of nitrogens with zero attached hydrogens (tertiary/aromatic N) is 1. The van der Waals surface area contributed by atoms with Crippen LogP contribution in [0.3, 0.4) is 0 Å². The number of nitro benzene ring substituents is 1. The average molecular weight is 352 g/mol. The maximum absolute atomic E-state index is 11.8. The number of carbonyl (C=O) groups is 1. The van der Waals surface area contributed by atoms with Gasteiger partial charge in [0.2, 0.25) is 5.75 Å². The van der Waals surface area contributed by atoms with Crippen LogP contribution in [0.15, 0.2) is 36.4 Å². The Bertz CT molecular complexity index is 777. The van der Waals surface area contributed by atoms with E-state index in [4.69, 9.17) is 25.8 Å². The SMILES string of the molecule is COc1ccc(OC(=O)COc2ccc(Cl)c(C)c2)c([N+](=O)[O-])c1. The van der Waals surface area contributed by atoms with E-state index in [1.165, 1.54) is 25.3 Å². The molecule has 0 heterocycles. The Morgan fingerprint density at radius 1 is 1.21 bits per heavy atom. The topological polar surface area (TPSA) is 87.9 Å². The Morgan fingerprint density at radius 2 is 1.92 bits per heavy atom. The highest BCUT2D eigenvalue weighted by Crippen LogP contribution is 2.31. The van der Waals surface area contributed by atoms with Crippen LogP contribution in [0.4, 0.5) is 5.69 Å². The van der Waals surface area contributed by atoms with E-state index in [1.54, 1.807) is 25.1 Å². The van der Waals surface area contributed by atoms with Crippen LogP contribution in [-0.2, 0) is 4.79 Å². The number of hydrogen-bond donors (Lipinski definition) is 0. The quantitative estimate of drug-likeness (QED) is 0.342. The molecule has 0 bridgehead atoms. The first-order valence-electron chi connectivity index (χ1n) is 6.82. The molecule has 0 aliphatic heterocycles. The van der Waals surface area contributed by atoms with Gasteiger partial charge in [-0.25, -0.2) is 4.79 Å². The number of rotatable bonds is 6. The lowest BCUT2D eigenvalue weighted by molar-refractivity contribution is -0.385. The van der Waals surface area contributed by atoms with Gasteiger partial charge in [-0.15, -0.1) is 0 Å². The lowest BCUT2D eigenvalue weighted by Gasteiger charge is -2.09. The van der Waals surface area contributed by atoms with E-state index in [-0.39, 0.29) is 17.2 Å². The highest BCUT2D eigenvalue weighted by Gasteiger charge is 2.19. The minimum Gasteiger partial charge on any atom is -0.496 e. The summed E-state index contributed by atoms with van der Waals surface area (Å²) in [6.07, 6.45) is 0. The molecule has 0 N–H and O–H groups in total. The van der Waals surface area contributed by atoms with Gasteiger partial charge in [0.05, 0.1) is 18.1 Å². The molecule has 0 radical (unpaired) electrons. The maximum atomic E-state index is 11.8. The van der Waals surface area contributed by atoms with Crippen molar-refractivity contribution in [1.82, 2.24) is 0 Å². The largest absolute Gasteiger partial charge is 0.496 e. The Balaban J connectivity index is 2.04. The van der Waals surface area contributed by atoms with E-state index in [0.717, 1.165) is 5.56 Å². The molecule has 0 aliphatic rings. The Kier molecular flexibility index (Phi) is 5.59. The minimum atomic E-state index is -0.768. The molecule has 24 heavy (non-hydrogen) atoms. The van der Waals surface area contributed by atoms with Crippen LogP contribution in [0.25, 0.3) is 0 Å². The zero-order chi connectivity index (χ0) is 17.7. The van der Waals surface area contributed by atoms with Gasteiger partial charge in [0, 0.05) is 5.02 Å². The standard InChI is InChI=1S/C16H14ClNO6/c1-10-7-12(3-5-13(10)17)23-9-16(19)24-15-6-4-11(22-2)8-14(15)18(20)21/h3-8H,9H2,1-2H3. The number of carbonyl (C=O) groups excluding carboxylic acids is 1. The summed E-state index contributed by atoms with van der Waals surface area (Å²) in [4.78, 5) is 22.2. The predicted octanol–water partition coefficient (Wildman–Crippen LogP) is 3.55. The molecular formula is C16H14ClNO6. The van der Waals surface area contributed by atoms with Crippen molar-refractivity contribution in [3.8, 4) is 17.2 Å². The van der Waals surface area contributed by atoms with Gasteiger partial charge in [-0.05, 0) is 42.8 Å². The number of hydrogen-bond acceptors (Lipinski definition) is 6. The summed E-state index contributed by atoms with van der Waals surface area (Å²) in [7, 11) is 1.38. The number of aryl methyl sites for hydroxylation is 1. The number of methoxy groups -OCH3 is 1. The van der Waals surface area contributed by atoms with Crippen LogP contribution in [0.2, 0.25) is 5.02 Å². The molecule has 126 valence electrons. The predicted molar refractivity (Wildman–Crippen MR) is 87.0 cm³/mol. The molecule has 0 saturated carbocycles. The summed E-state index contributed by atoms with van der Waals surface area (Å²) < 4.78 is 15.2. The van der Waals surface area contributed by atoms with E-state index in [0.29, 0.717) is 10.8 Å². The molecular weight excluding hydrogens is 338 g/mol. The zero-order valence-electron chi connectivity index (χ0n) is 12.9. The first-order chi connectivity index (χ1) is 11.4. The normalized spacial score (nSPS) is 10.1. The van der Waals surface area contributed by atoms with Crippen LogP contribution in [-0.4, -0.2) is 24.6 Å². The lowest BCUT2D eigenvalue weighted by atomic mass is 10.2. The molecule has 0 spiro atoms. The van der Waals surface area contributed by atoms with Crippen molar-refractivity contribution in [2.24, 2.45) is 0 Å². The fourth-order valence-electron chi connectivity index (χ4n) is 1.85. The summed E-state index contributed by atoms with van der Waals surface area (Å²) in [6.45, 7) is 1.40. The van der Waals surface area contributed by atoms with Crippen LogP contribution in [0, 0.1) is 17.0 Å². The fraction of sp³-hybridized carbons (Fsp3) is 0.188. The molecule has 0 aliphatic carbocycles. The first-order valence-corrected chi connectivity index (χ1v) is 7.20. The van der Waals surface area contributed by atoms with Gasteiger partial charge in [0.25, 0.3) is 0 Å². The third kappa shape index (κ3) is 4.36.